The number of carboxylic acids is 1. The number of carboxylic acid groups (broad SMARTS) is 1. The second kappa shape index (κ2) is 7.33. The summed E-state index contributed by atoms with van der Waals surface area (Å²) in [7, 11) is 0. The zero-order chi connectivity index (χ0) is 24.9. The highest BCUT2D eigenvalue weighted by atomic mass is 16.4. The van der Waals surface area contributed by atoms with Gasteiger partial charge in [0.25, 0.3) is 0 Å². The van der Waals surface area contributed by atoms with E-state index < -0.39 is 11.4 Å². The minimum atomic E-state index is -0.609. The molecule has 5 saturated carbocycles. The SMILES string of the molecule is CC1(C)CCC2(C(=O)O)CC[C@]3(CO)C(CCC4C5(C)CCC(=O)C(C)(C)C5CCC43C)[C@@H]2C1. The van der Waals surface area contributed by atoms with Crippen molar-refractivity contribution in [1.82, 2.24) is 0 Å². The zero-order valence-corrected chi connectivity index (χ0v) is 22.5. The lowest BCUT2D eigenvalue weighted by Gasteiger charge is -2.73. The number of Topliss-reactive ketones (excluding diaryl/α,β-unsaturated/α-hetero) is 1. The minimum absolute atomic E-state index is 0.00135. The van der Waals surface area contributed by atoms with Crippen LogP contribution >= 0.6 is 0 Å². The molecule has 4 heteroatoms. The Morgan fingerprint density at radius 3 is 2.18 bits per heavy atom. The number of hydrogen-bond acceptors (Lipinski definition) is 3. The van der Waals surface area contributed by atoms with Crippen LogP contribution in [0.5, 0.6) is 0 Å². The lowest BCUT2D eigenvalue weighted by Crippen LogP contribution is -2.69. The highest BCUT2D eigenvalue weighted by molar-refractivity contribution is 5.85. The van der Waals surface area contributed by atoms with Gasteiger partial charge in [-0.3, -0.25) is 9.59 Å². The summed E-state index contributed by atoms with van der Waals surface area (Å²) in [5, 5.41) is 21.8. The Balaban J connectivity index is 1.58. The van der Waals surface area contributed by atoms with Gasteiger partial charge in [0.15, 0.2) is 0 Å². The summed E-state index contributed by atoms with van der Waals surface area (Å²) >= 11 is 0. The number of aliphatic hydroxyl groups excluding tert-OH is 1. The Bertz CT molecular complexity index is 890. The third-order valence-electron chi connectivity index (χ3n) is 13.3. The lowest BCUT2D eigenvalue weighted by atomic mass is 9.31. The van der Waals surface area contributed by atoms with Crippen LogP contribution in [-0.2, 0) is 9.59 Å². The molecule has 0 saturated heterocycles. The van der Waals surface area contributed by atoms with Crippen molar-refractivity contribution in [2.45, 2.75) is 112 Å². The molecule has 0 spiro atoms. The first-order valence-corrected chi connectivity index (χ1v) is 14.1. The molecule has 0 bridgehead atoms. The van der Waals surface area contributed by atoms with E-state index in [4.69, 9.17) is 0 Å². The van der Waals surface area contributed by atoms with Gasteiger partial charge < -0.3 is 10.2 Å². The van der Waals surface area contributed by atoms with Crippen molar-refractivity contribution in [3.63, 3.8) is 0 Å². The van der Waals surface area contributed by atoms with Crippen LogP contribution in [-0.4, -0.2) is 28.6 Å². The van der Waals surface area contributed by atoms with Crippen LogP contribution in [0.1, 0.15) is 112 Å². The molecule has 4 nitrogen and oxygen atoms in total. The van der Waals surface area contributed by atoms with E-state index in [1.807, 2.05) is 0 Å². The first-order valence-electron chi connectivity index (χ1n) is 14.1. The largest absolute Gasteiger partial charge is 0.481 e. The topological polar surface area (TPSA) is 74.6 Å². The fourth-order valence-electron chi connectivity index (χ4n) is 11.4. The molecule has 5 aliphatic carbocycles. The molecular formula is C30H48O4. The molecule has 0 radical (unpaired) electrons. The summed E-state index contributed by atoms with van der Waals surface area (Å²) in [6, 6.07) is 0. The summed E-state index contributed by atoms with van der Waals surface area (Å²) in [4.78, 5) is 25.7. The van der Waals surface area contributed by atoms with Crippen molar-refractivity contribution in [2.75, 3.05) is 6.61 Å². The quantitative estimate of drug-likeness (QED) is 0.481. The van der Waals surface area contributed by atoms with E-state index in [9.17, 15) is 19.8 Å². The van der Waals surface area contributed by atoms with Crippen molar-refractivity contribution < 1.29 is 19.8 Å². The number of ketones is 1. The van der Waals surface area contributed by atoms with Gasteiger partial charge in [0.2, 0.25) is 0 Å². The molecule has 0 amide bonds. The Hall–Kier alpha value is -0.900. The fraction of sp³-hybridized carbons (Fsp3) is 0.933. The van der Waals surface area contributed by atoms with Crippen LogP contribution in [0.4, 0.5) is 0 Å². The Morgan fingerprint density at radius 2 is 1.53 bits per heavy atom. The van der Waals surface area contributed by atoms with Crippen LogP contribution in [0.2, 0.25) is 0 Å². The molecule has 192 valence electrons. The maximum Gasteiger partial charge on any atom is 0.309 e. The van der Waals surface area contributed by atoms with Gasteiger partial charge in [0, 0.05) is 23.9 Å². The standard InChI is InChI=1S/C30H48O4/c1-25(2)13-14-29(24(33)34)15-16-30(18-31)19(20(29)17-25)7-8-22-27(5)11-10-23(32)26(3,4)21(27)9-12-28(22,30)6/h19-22,31H,7-18H2,1-6H3,(H,33,34)/t19?,20-,21?,22?,27?,28?,29?,30-/m0/s1. The number of fused-ring (bicyclic) bond motifs is 7. The monoisotopic (exact) mass is 472 g/mol. The van der Waals surface area contributed by atoms with Gasteiger partial charge in [-0.05, 0) is 104 Å². The third-order valence-corrected chi connectivity index (χ3v) is 13.3. The highest BCUT2D eigenvalue weighted by Crippen LogP contribution is 2.76. The van der Waals surface area contributed by atoms with Gasteiger partial charge in [-0.15, -0.1) is 0 Å². The minimum Gasteiger partial charge on any atom is -0.481 e. The Morgan fingerprint density at radius 1 is 0.853 bits per heavy atom. The molecule has 5 rings (SSSR count). The average Bonchev–Trinajstić information content (AvgIpc) is 2.75. The molecule has 0 aromatic carbocycles. The highest BCUT2D eigenvalue weighted by Gasteiger charge is 2.72. The van der Waals surface area contributed by atoms with Crippen LogP contribution in [0.15, 0.2) is 0 Å². The molecule has 8 atom stereocenters. The van der Waals surface area contributed by atoms with E-state index in [-0.39, 0.29) is 45.5 Å². The summed E-state index contributed by atoms with van der Waals surface area (Å²) in [5.74, 6) is 1.17. The van der Waals surface area contributed by atoms with E-state index in [0.717, 1.165) is 57.8 Å². The van der Waals surface area contributed by atoms with E-state index in [1.165, 1.54) is 0 Å². The summed E-state index contributed by atoms with van der Waals surface area (Å²) in [6.07, 6.45) is 10.2. The maximum absolute atomic E-state index is 12.9. The normalized spacial score (nSPS) is 51.4. The molecule has 0 aromatic heterocycles. The van der Waals surface area contributed by atoms with Gasteiger partial charge in [-0.2, -0.15) is 0 Å². The number of carbonyl (C=O) groups excluding carboxylic acids is 1. The van der Waals surface area contributed by atoms with Crippen molar-refractivity contribution in [1.29, 1.82) is 0 Å². The van der Waals surface area contributed by atoms with Crippen molar-refractivity contribution in [3.8, 4) is 0 Å². The van der Waals surface area contributed by atoms with Crippen LogP contribution in [0.3, 0.4) is 0 Å². The van der Waals surface area contributed by atoms with Crippen molar-refractivity contribution in [2.24, 2.45) is 56.2 Å². The molecule has 2 N–H and O–H groups in total. The van der Waals surface area contributed by atoms with Crippen molar-refractivity contribution in [3.05, 3.63) is 0 Å². The van der Waals surface area contributed by atoms with E-state index in [2.05, 4.69) is 41.5 Å². The number of rotatable bonds is 2. The van der Waals surface area contributed by atoms with Crippen LogP contribution in [0.25, 0.3) is 0 Å². The predicted molar refractivity (Wildman–Crippen MR) is 133 cm³/mol. The second-order valence-corrected chi connectivity index (χ2v) is 15.1. The maximum atomic E-state index is 12.9. The Kier molecular flexibility index (Phi) is 5.34. The molecule has 5 aliphatic rings. The summed E-state index contributed by atoms with van der Waals surface area (Å²) in [5.41, 5.74) is -0.800. The molecule has 6 unspecified atom stereocenters. The molecule has 0 aliphatic heterocycles. The van der Waals surface area contributed by atoms with E-state index >= 15 is 0 Å². The molecule has 0 heterocycles. The fourth-order valence-corrected chi connectivity index (χ4v) is 11.4. The molecule has 34 heavy (non-hydrogen) atoms. The zero-order valence-electron chi connectivity index (χ0n) is 22.5. The third kappa shape index (κ3) is 2.87. The molecule has 5 fully saturated rings. The first-order chi connectivity index (χ1) is 15.7. The first kappa shape index (κ1) is 24.8. The van der Waals surface area contributed by atoms with Gasteiger partial charge in [0.05, 0.1) is 5.41 Å². The number of carbonyl (C=O) groups is 2. The Labute approximate surface area is 206 Å². The van der Waals surface area contributed by atoms with Gasteiger partial charge in [-0.25, -0.2) is 0 Å². The second-order valence-electron chi connectivity index (χ2n) is 15.1. The van der Waals surface area contributed by atoms with Crippen molar-refractivity contribution >= 4 is 11.8 Å². The van der Waals surface area contributed by atoms with Gasteiger partial charge in [0.1, 0.15) is 5.78 Å². The number of hydrogen-bond donors (Lipinski definition) is 2. The number of aliphatic carboxylic acids is 1. The smallest absolute Gasteiger partial charge is 0.309 e. The van der Waals surface area contributed by atoms with E-state index in [0.29, 0.717) is 30.5 Å². The lowest BCUT2D eigenvalue weighted by molar-refractivity contribution is -0.259. The van der Waals surface area contributed by atoms with Crippen LogP contribution < -0.4 is 0 Å². The molecular weight excluding hydrogens is 424 g/mol. The van der Waals surface area contributed by atoms with E-state index in [1.54, 1.807) is 0 Å². The van der Waals surface area contributed by atoms with Gasteiger partial charge >= 0.3 is 5.97 Å². The average molecular weight is 473 g/mol. The predicted octanol–water partition coefficient (Wildman–Crippen LogP) is 6.49. The van der Waals surface area contributed by atoms with Gasteiger partial charge in [-0.1, -0.05) is 41.5 Å². The summed E-state index contributed by atoms with van der Waals surface area (Å²) in [6.45, 7) is 14.1. The number of aliphatic hydroxyl groups is 1. The molecule has 0 aromatic rings. The summed E-state index contributed by atoms with van der Waals surface area (Å²) < 4.78 is 0. The van der Waals surface area contributed by atoms with Crippen LogP contribution in [0, 0.1) is 56.2 Å².